The summed E-state index contributed by atoms with van der Waals surface area (Å²) in [7, 11) is 0. The van der Waals surface area contributed by atoms with E-state index >= 15 is 0 Å². The van der Waals surface area contributed by atoms with Crippen molar-refractivity contribution in [1.29, 1.82) is 0 Å². The van der Waals surface area contributed by atoms with Gasteiger partial charge in [-0.05, 0) is 6.42 Å². The number of unbranched alkanes of at least 4 members (excludes halogenated alkanes) is 1. The lowest BCUT2D eigenvalue weighted by Crippen LogP contribution is -2.32. The van der Waals surface area contributed by atoms with Gasteiger partial charge >= 0.3 is 5.97 Å². The molecule has 84 valence electrons. The second-order valence-electron chi connectivity index (χ2n) is 2.90. The van der Waals surface area contributed by atoms with Gasteiger partial charge in [-0.25, -0.2) is 4.79 Å². The lowest BCUT2D eigenvalue weighted by atomic mass is 10.1. The minimum Gasteiger partial charge on any atom is -0.346 e. The fourth-order valence-corrected chi connectivity index (χ4v) is 1.88. The van der Waals surface area contributed by atoms with E-state index in [1.807, 2.05) is 6.92 Å². The molecule has 0 aliphatic heterocycles. The van der Waals surface area contributed by atoms with Gasteiger partial charge in [-0.1, -0.05) is 19.8 Å². The van der Waals surface area contributed by atoms with Gasteiger partial charge in [0.05, 0.1) is 10.8 Å². The Morgan fingerprint density at radius 3 is 2.36 bits per heavy atom. The predicted molar refractivity (Wildman–Crippen MR) is 60.4 cm³/mol. The highest BCUT2D eigenvalue weighted by Crippen LogP contribution is 2.23. The summed E-state index contributed by atoms with van der Waals surface area (Å²) < 4.78 is 3.95. The molecule has 3 atom stereocenters. The molecular weight excluding hydrogens is 270 g/mol. The first-order valence-corrected chi connectivity index (χ1v) is 5.91. The maximum Gasteiger partial charge on any atom is 0.343 e. The van der Waals surface area contributed by atoms with E-state index in [0.29, 0.717) is 6.42 Å². The smallest absolute Gasteiger partial charge is 0.343 e. The Hall–Kier alpha value is 0.630. The number of carbonyl (C=O) groups excluding carboxylic acids is 1. The van der Waals surface area contributed by atoms with Crippen LogP contribution in [0.1, 0.15) is 26.2 Å². The molecule has 0 aromatic rings. The van der Waals surface area contributed by atoms with Crippen molar-refractivity contribution in [2.75, 3.05) is 0 Å². The summed E-state index contributed by atoms with van der Waals surface area (Å²) >= 11 is 22.4. The molecule has 0 bridgehead atoms. The Labute approximate surface area is 104 Å². The summed E-state index contributed by atoms with van der Waals surface area (Å²) in [6.07, 6.45) is 2.67. The summed E-state index contributed by atoms with van der Waals surface area (Å²) in [6, 6.07) is 0. The summed E-state index contributed by atoms with van der Waals surface area (Å²) in [5.41, 5.74) is 0. The molecular formula is C8H12Cl4O2. The zero-order chi connectivity index (χ0) is 11.1. The zero-order valence-electron chi connectivity index (χ0n) is 7.68. The van der Waals surface area contributed by atoms with Gasteiger partial charge in [-0.3, -0.25) is 0 Å². The molecule has 6 heteroatoms. The van der Waals surface area contributed by atoms with Crippen LogP contribution in [0.5, 0.6) is 0 Å². The molecule has 0 rings (SSSR count). The summed E-state index contributed by atoms with van der Waals surface area (Å²) in [4.78, 5) is 10.9. The fourth-order valence-electron chi connectivity index (χ4n) is 0.914. The molecule has 0 spiro atoms. The van der Waals surface area contributed by atoms with E-state index in [0.717, 1.165) is 12.8 Å². The van der Waals surface area contributed by atoms with Crippen molar-refractivity contribution < 1.29 is 9.08 Å². The largest absolute Gasteiger partial charge is 0.346 e. The van der Waals surface area contributed by atoms with E-state index in [2.05, 4.69) is 4.29 Å². The van der Waals surface area contributed by atoms with Crippen molar-refractivity contribution in [3.63, 3.8) is 0 Å². The first-order chi connectivity index (χ1) is 6.54. The quantitative estimate of drug-likeness (QED) is 0.694. The van der Waals surface area contributed by atoms with Gasteiger partial charge in [-0.15, -0.1) is 34.8 Å². The number of rotatable bonds is 6. The third-order valence-electron chi connectivity index (χ3n) is 1.76. The van der Waals surface area contributed by atoms with Crippen LogP contribution in [-0.4, -0.2) is 22.1 Å². The standard InChI is InChI=1S/C8H12Cl4O2/c1-2-3-4-5(9)6(10)7(11)8(13)14-12/h5-7H,2-4H2,1H3. The van der Waals surface area contributed by atoms with Crippen LogP contribution in [-0.2, 0) is 9.08 Å². The van der Waals surface area contributed by atoms with Crippen molar-refractivity contribution in [2.45, 2.75) is 42.3 Å². The lowest BCUT2D eigenvalue weighted by molar-refractivity contribution is -0.133. The van der Waals surface area contributed by atoms with Crippen LogP contribution in [0.4, 0.5) is 0 Å². The Balaban J connectivity index is 4.02. The van der Waals surface area contributed by atoms with Gasteiger partial charge in [0.2, 0.25) is 0 Å². The van der Waals surface area contributed by atoms with Gasteiger partial charge in [-0.2, -0.15) is 0 Å². The second-order valence-corrected chi connectivity index (χ2v) is 4.59. The molecule has 14 heavy (non-hydrogen) atoms. The third kappa shape index (κ3) is 4.92. The molecule has 0 saturated carbocycles. The molecule has 0 heterocycles. The topological polar surface area (TPSA) is 26.3 Å². The predicted octanol–water partition coefficient (Wildman–Crippen LogP) is 3.70. The normalized spacial score (nSPS) is 17.2. The van der Waals surface area contributed by atoms with Crippen LogP contribution in [0.2, 0.25) is 0 Å². The summed E-state index contributed by atoms with van der Waals surface area (Å²) in [5.74, 6) is -0.768. The van der Waals surface area contributed by atoms with Crippen LogP contribution in [0.25, 0.3) is 0 Å². The molecule has 0 amide bonds. The molecule has 0 aromatic carbocycles. The van der Waals surface area contributed by atoms with E-state index in [1.54, 1.807) is 0 Å². The van der Waals surface area contributed by atoms with E-state index in [-0.39, 0.29) is 5.38 Å². The fraction of sp³-hybridized carbons (Fsp3) is 0.875. The maximum absolute atomic E-state index is 10.9. The van der Waals surface area contributed by atoms with Crippen LogP contribution in [0, 0.1) is 0 Å². The van der Waals surface area contributed by atoms with Gasteiger partial charge < -0.3 is 4.29 Å². The van der Waals surface area contributed by atoms with E-state index in [9.17, 15) is 4.79 Å². The first kappa shape index (κ1) is 14.6. The van der Waals surface area contributed by atoms with Crippen LogP contribution >= 0.6 is 46.7 Å². The van der Waals surface area contributed by atoms with Crippen LogP contribution in [0.3, 0.4) is 0 Å². The van der Waals surface area contributed by atoms with E-state index in [4.69, 9.17) is 46.7 Å². The highest BCUT2D eigenvalue weighted by atomic mass is 35.5. The molecule has 3 unspecified atom stereocenters. The number of halogens is 4. The van der Waals surface area contributed by atoms with Crippen LogP contribution < -0.4 is 0 Å². The summed E-state index contributed by atoms with van der Waals surface area (Å²) in [6.45, 7) is 2.04. The minimum absolute atomic E-state index is 0.352. The average Bonchev–Trinajstić information content (AvgIpc) is 2.22. The number of hydrogen-bond donors (Lipinski definition) is 0. The molecule has 0 fully saturated rings. The summed E-state index contributed by atoms with van der Waals surface area (Å²) in [5, 5.41) is -2.03. The van der Waals surface area contributed by atoms with Gasteiger partial charge in [0, 0.05) is 0 Å². The van der Waals surface area contributed by atoms with Gasteiger partial charge in [0.15, 0.2) is 5.38 Å². The van der Waals surface area contributed by atoms with Crippen molar-refractivity contribution in [1.82, 2.24) is 0 Å². The monoisotopic (exact) mass is 280 g/mol. The zero-order valence-corrected chi connectivity index (χ0v) is 10.7. The van der Waals surface area contributed by atoms with Crippen molar-refractivity contribution in [3.05, 3.63) is 0 Å². The maximum atomic E-state index is 10.9. The van der Waals surface area contributed by atoms with Gasteiger partial charge in [0.25, 0.3) is 0 Å². The molecule has 2 nitrogen and oxygen atoms in total. The molecule has 0 aliphatic rings. The van der Waals surface area contributed by atoms with Crippen molar-refractivity contribution >= 4 is 52.6 Å². The third-order valence-corrected chi connectivity index (χ3v) is 3.67. The van der Waals surface area contributed by atoms with E-state index in [1.165, 1.54) is 0 Å². The van der Waals surface area contributed by atoms with Crippen molar-refractivity contribution in [2.24, 2.45) is 0 Å². The lowest BCUT2D eigenvalue weighted by Gasteiger charge is -2.18. The molecule has 0 aromatic heterocycles. The minimum atomic E-state index is -1.01. The first-order valence-electron chi connectivity index (χ1n) is 4.29. The van der Waals surface area contributed by atoms with Gasteiger partial charge in [0.1, 0.15) is 11.9 Å². The highest BCUT2D eigenvalue weighted by molar-refractivity contribution is 6.40. The molecule has 0 radical (unpaired) electrons. The Bertz CT molecular complexity index is 177. The Morgan fingerprint density at radius 2 is 1.93 bits per heavy atom. The molecule has 0 N–H and O–H groups in total. The molecule has 0 saturated heterocycles. The number of carbonyl (C=O) groups is 1. The van der Waals surface area contributed by atoms with Crippen molar-refractivity contribution in [3.8, 4) is 0 Å². The Morgan fingerprint density at radius 1 is 1.36 bits per heavy atom. The Kier molecular flexibility index (Phi) is 8.22. The second kappa shape index (κ2) is 7.86. The highest BCUT2D eigenvalue weighted by Gasteiger charge is 2.31. The van der Waals surface area contributed by atoms with E-state index < -0.39 is 16.7 Å². The molecule has 0 aliphatic carbocycles. The number of hydrogen-bond acceptors (Lipinski definition) is 2. The average molecular weight is 282 g/mol. The number of alkyl halides is 3. The SMILES string of the molecule is CCCCC(Cl)C(Cl)C(Cl)C(=O)OCl. The van der Waals surface area contributed by atoms with Crippen LogP contribution in [0.15, 0.2) is 0 Å².